The Kier molecular flexibility index (Phi) is 3.28. The first kappa shape index (κ1) is 13.8. The number of carbonyl (C=O) groups is 2. The summed E-state index contributed by atoms with van der Waals surface area (Å²) in [5.74, 6) is 1.08. The molecule has 0 saturated carbocycles. The largest absolute Gasteiger partial charge is 0.388 e. The Balaban J connectivity index is 1.69. The van der Waals surface area contributed by atoms with E-state index in [1.165, 1.54) is 0 Å². The van der Waals surface area contributed by atoms with Gasteiger partial charge in [0.1, 0.15) is 6.61 Å². The molecule has 0 aromatic heterocycles. The van der Waals surface area contributed by atoms with Crippen LogP contribution in [0.15, 0.2) is 24.3 Å². The zero-order valence-electron chi connectivity index (χ0n) is 11.3. The molecule has 2 heterocycles. The van der Waals surface area contributed by atoms with Gasteiger partial charge in [-0.05, 0) is 24.9 Å². The van der Waals surface area contributed by atoms with E-state index >= 15 is 0 Å². The molecule has 21 heavy (non-hydrogen) atoms. The minimum atomic E-state index is -1.16. The summed E-state index contributed by atoms with van der Waals surface area (Å²) < 4.78 is 0. The lowest BCUT2D eigenvalue weighted by Crippen LogP contribution is -2.39. The number of nitrogens with zero attached hydrogens (tertiary/aromatic N) is 2. The van der Waals surface area contributed by atoms with Crippen LogP contribution in [0.2, 0.25) is 12.6 Å². The summed E-state index contributed by atoms with van der Waals surface area (Å²) >= 11 is 0. The van der Waals surface area contributed by atoms with E-state index in [4.69, 9.17) is 10.1 Å². The van der Waals surface area contributed by atoms with Gasteiger partial charge in [-0.25, -0.2) is 5.26 Å². The number of benzene rings is 1. The molecule has 2 aliphatic heterocycles. The van der Waals surface area contributed by atoms with Crippen molar-refractivity contribution in [3.05, 3.63) is 35.4 Å². The fraction of sp³-hybridized carbons (Fsp3) is 0.357. The van der Waals surface area contributed by atoms with Gasteiger partial charge >= 0.3 is 0 Å². The van der Waals surface area contributed by atoms with Crippen LogP contribution >= 0.6 is 0 Å². The highest BCUT2D eigenvalue weighted by Gasteiger charge is 2.43. The van der Waals surface area contributed by atoms with Crippen LogP contribution in [0.1, 0.15) is 27.1 Å². The molecule has 1 aromatic carbocycles. The molecule has 0 radical (unpaired) electrons. The van der Waals surface area contributed by atoms with Gasteiger partial charge < -0.3 is 5.11 Å². The molecule has 2 aliphatic rings. The summed E-state index contributed by atoms with van der Waals surface area (Å²) in [7, 11) is 0. The fourth-order valence-corrected chi connectivity index (χ4v) is 2.82. The zero-order valence-corrected chi connectivity index (χ0v) is 11.3. The van der Waals surface area contributed by atoms with E-state index in [0.717, 1.165) is 0 Å². The van der Waals surface area contributed by atoms with Crippen molar-refractivity contribution >= 4 is 18.5 Å². The van der Waals surface area contributed by atoms with Crippen LogP contribution < -0.4 is 0 Å². The van der Waals surface area contributed by atoms with E-state index in [0.29, 0.717) is 35.3 Å². The first-order valence-electron chi connectivity index (χ1n) is 6.77. The standard InChI is InChI=1S/C14H13BN2O4/c16-9-15-6-5-14(20,7-15)8-21-17-12(18)10-3-1-2-4-11(10)13(17)19/h1-4,20H,5-8H2. The molecular weight excluding hydrogens is 271 g/mol. The lowest BCUT2D eigenvalue weighted by Gasteiger charge is -2.24. The number of imide groups is 1. The van der Waals surface area contributed by atoms with Gasteiger partial charge in [0.2, 0.25) is 0 Å². The Morgan fingerprint density at radius 3 is 2.48 bits per heavy atom. The number of hydrogen-bond donors (Lipinski definition) is 1. The lowest BCUT2D eigenvalue weighted by atomic mass is 9.49. The number of fused-ring (bicyclic) bond motifs is 1. The highest BCUT2D eigenvalue weighted by Crippen LogP contribution is 2.32. The second-order valence-corrected chi connectivity index (χ2v) is 5.52. The number of amides is 2. The Morgan fingerprint density at radius 2 is 1.95 bits per heavy atom. The Morgan fingerprint density at radius 1 is 1.33 bits per heavy atom. The van der Waals surface area contributed by atoms with Gasteiger partial charge in [0, 0.05) is 5.97 Å². The smallest absolute Gasteiger partial charge is 0.285 e. The number of hydrogen-bond acceptors (Lipinski definition) is 5. The maximum absolute atomic E-state index is 12.1. The normalized spacial score (nSPS) is 24.4. The molecular formula is C14H13BN2O4. The van der Waals surface area contributed by atoms with Crippen molar-refractivity contribution in [2.24, 2.45) is 0 Å². The summed E-state index contributed by atoms with van der Waals surface area (Å²) in [5.41, 5.74) is -0.554. The molecule has 1 N–H and O–H groups in total. The van der Waals surface area contributed by atoms with Crippen LogP contribution in [0.4, 0.5) is 0 Å². The summed E-state index contributed by atoms with van der Waals surface area (Å²) in [6.45, 7) is -0.378. The van der Waals surface area contributed by atoms with Gasteiger partial charge in [0.15, 0.2) is 0 Å². The molecule has 7 heteroatoms. The van der Waals surface area contributed by atoms with Crippen molar-refractivity contribution < 1.29 is 19.5 Å². The molecule has 0 aliphatic carbocycles. The summed E-state index contributed by atoms with van der Waals surface area (Å²) in [5, 5.41) is 19.9. The van der Waals surface area contributed by atoms with E-state index in [-0.39, 0.29) is 13.3 Å². The molecule has 1 aromatic rings. The van der Waals surface area contributed by atoms with E-state index in [1.807, 2.05) is 0 Å². The van der Waals surface area contributed by atoms with Crippen LogP contribution in [-0.4, -0.2) is 40.9 Å². The van der Waals surface area contributed by atoms with Gasteiger partial charge in [0.25, 0.3) is 18.5 Å². The van der Waals surface area contributed by atoms with Crippen LogP contribution in [0.5, 0.6) is 0 Å². The van der Waals surface area contributed by atoms with E-state index in [1.54, 1.807) is 24.3 Å². The Labute approximate surface area is 121 Å². The number of aliphatic hydroxyl groups is 1. The highest BCUT2D eigenvalue weighted by molar-refractivity contribution is 6.67. The SMILES string of the molecule is N#CB1CCC(O)(CON2C(=O)c3ccccc3C2=O)C1. The second-order valence-electron chi connectivity index (χ2n) is 5.52. The third-order valence-corrected chi connectivity index (χ3v) is 3.99. The van der Waals surface area contributed by atoms with Crippen molar-refractivity contribution in [2.45, 2.75) is 24.7 Å². The summed E-state index contributed by atoms with van der Waals surface area (Å²) in [6.07, 6.45) is 1.32. The average molecular weight is 284 g/mol. The van der Waals surface area contributed by atoms with Crippen molar-refractivity contribution in [2.75, 3.05) is 6.61 Å². The van der Waals surface area contributed by atoms with Crippen LogP contribution in [0.3, 0.4) is 0 Å². The minimum Gasteiger partial charge on any atom is -0.388 e. The average Bonchev–Trinajstić information content (AvgIpc) is 2.98. The molecule has 1 atom stereocenters. The Hall–Kier alpha value is -2.17. The molecule has 0 bridgehead atoms. The molecule has 3 rings (SSSR count). The maximum Gasteiger partial charge on any atom is 0.285 e. The number of rotatable bonds is 3. The predicted octanol–water partition coefficient (Wildman–Crippen LogP) is 0.907. The number of nitriles is 1. The van der Waals surface area contributed by atoms with Gasteiger partial charge in [0.05, 0.1) is 16.7 Å². The molecule has 1 unspecified atom stereocenters. The Bertz CT molecular complexity index is 622. The van der Waals surface area contributed by atoms with Gasteiger partial charge in [-0.15, -0.1) is 5.06 Å². The predicted molar refractivity (Wildman–Crippen MR) is 73.4 cm³/mol. The third kappa shape index (κ3) is 2.33. The molecule has 1 saturated heterocycles. The van der Waals surface area contributed by atoms with Crippen LogP contribution in [0, 0.1) is 11.2 Å². The quantitative estimate of drug-likeness (QED) is 0.658. The summed E-state index contributed by atoms with van der Waals surface area (Å²) in [4.78, 5) is 29.4. The fourth-order valence-electron chi connectivity index (χ4n) is 2.82. The maximum atomic E-state index is 12.1. The lowest BCUT2D eigenvalue weighted by molar-refractivity contribution is -0.140. The highest BCUT2D eigenvalue weighted by atomic mass is 16.7. The molecule has 6 nitrogen and oxygen atoms in total. The monoisotopic (exact) mass is 284 g/mol. The van der Waals surface area contributed by atoms with Crippen molar-refractivity contribution in [3.8, 4) is 5.97 Å². The first-order chi connectivity index (χ1) is 10.0. The second kappa shape index (κ2) is 4.99. The molecule has 2 amide bonds. The van der Waals surface area contributed by atoms with Gasteiger partial charge in [-0.3, -0.25) is 14.4 Å². The van der Waals surface area contributed by atoms with Gasteiger partial charge in [-0.2, -0.15) is 0 Å². The molecule has 1 fully saturated rings. The topological polar surface area (TPSA) is 90.6 Å². The molecule has 0 spiro atoms. The van der Waals surface area contributed by atoms with E-state index < -0.39 is 17.4 Å². The van der Waals surface area contributed by atoms with Crippen LogP contribution in [0.25, 0.3) is 0 Å². The minimum absolute atomic E-state index is 0.170. The van der Waals surface area contributed by atoms with Gasteiger partial charge in [-0.1, -0.05) is 18.5 Å². The number of hydroxylamine groups is 2. The van der Waals surface area contributed by atoms with Crippen molar-refractivity contribution in [1.82, 2.24) is 5.06 Å². The number of carbonyl (C=O) groups excluding carboxylic acids is 2. The van der Waals surface area contributed by atoms with E-state index in [9.17, 15) is 14.7 Å². The van der Waals surface area contributed by atoms with Crippen LogP contribution in [-0.2, 0) is 4.84 Å². The van der Waals surface area contributed by atoms with E-state index in [2.05, 4.69) is 5.97 Å². The van der Waals surface area contributed by atoms with Crippen molar-refractivity contribution in [1.29, 1.82) is 5.26 Å². The molecule has 106 valence electrons. The zero-order chi connectivity index (χ0) is 15.0. The third-order valence-electron chi connectivity index (χ3n) is 3.99. The van der Waals surface area contributed by atoms with Crippen molar-refractivity contribution in [3.63, 3.8) is 0 Å². The first-order valence-corrected chi connectivity index (χ1v) is 6.77. The summed E-state index contributed by atoms with van der Waals surface area (Å²) in [6, 6.07) is 6.48.